The second-order valence-corrected chi connectivity index (χ2v) is 7.83. The van der Waals surface area contributed by atoms with Crippen molar-refractivity contribution < 1.29 is 24.2 Å². The number of aliphatic carboxylic acids is 1. The molecule has 4 rings (SSSR count). The Bertz CT molecular complexity index is 1120. The van der Waals surface area contributed by atoms with E-state index in [1.54, 1.807) is 19.3 Å². The Kier molecular flexibility index (Phi) is 6.39. The zero-order valence-electron chi connectivity index (χ0n) is 17.9. The second-order valence-electron chi connectivity index (χ2n) is 7.83. The monoisotopic (exact) mass is 448 g/mol. The van der Waals surface area contributed by atoms with Crippen LogP contribution in [-0.4, -0.2) is 45.7 Å². The molecule has 1 aliphatic rings. The van der Waals surface area contributed by atoms with Gasteiger partial charge in [-0.05, 0) is 29.2 Å². The number of aromatic amines is 1. The summed E-state index contributed by atoms with van der Waals surface area (Å²) in [4.78, 5) is 43.3. The minimum Gasteiger partial charge on any atom is -0.481 e. The number of hydrogen-bond donors (Lipinski definition) is 4. The molecule has 2 aromatic carbocycles. The normalized spacial score (nSPS) is 14.0. The fourth-order valence-electron chi connectivity index (χ4n) is 4.06. The molecule has 1 aliphatic carbocycles. The van der Waals surface area contributed by atoms with Gasteiger partial charge in [-0.25, -0.2) is 9.78 Å². The van der Waals surface area contributed by atoms with E-state index in [2.05, 4.69) is 20.6 Å². The molecule has 1 aromatic heterocycles. The number of carbonyl (C=O) groups is 3. The molecule has 33 heavy (non-hydrogen) atoms. The minimum atomic E-state index is -1.30. The number of H-pyrrole nitrogens is 1. The quantitative estimate of drug-likeness (QED) is 0.419. The fourth-order valence-corrected chi connectivity index (χ4v) is 4.06. The van der Waals surface area contributed by atoms with Gasteiger partial charge in [-0.15, -0.1) is 0 Å². The standard InChI is InChI=1S/C24H24N4O5/c1-14(22-25-10-11-26-22)27-23(31)20(12-21(29)30)28-24(32)33-13-19-17-8-4-2-6-15(17)16-7-3-5-9-18(16)19/h2-11,14,19-20H,12-13H2,1H3,(H,25,26)(H,27,31)(H,28,32)(H,29,30). The Morgan fingerprint density at radius 1 is 1.06 bits per heavy atom. The lowest BCUT2D eigenvalue weighted by Gasteiger charge is -2.20. The van der Waals surface area contributed by atoms with Crippen LogP contribution in [0.5, 0.6) is 0 Å². The smallest absolute Gasteiger partial charge is 0.407 e. The molecule has 0 bridgehead atoms. The Labute approximate surface area is 190 Å². The highest BCUT2D eigenvalue weighted by atomic mass is 16.5. The van der Waals surface area contributed by atoms with Gasteiger partial charge in [0, 0.05) is 18.3 Å². The average molecular weight is 448 g/mol. The van der Waals surface area contributed by atoms with E-state index in [1.165, 1.54) is 0 Å². The van der Waals surface area contributed by atoms with Crippen molar-refractivity contribution in [3.05, 3.63) is 77.9 Å². The molecule has 0 spiro atoms. The summed E-state index contributed by atoms with van der Waals surface area (Å²) in [6.07, 6.45) is 1.72. The van der Waals surface area contributed by atoms with Crippen molar-refractivity contribution in [2.45, 2.75) is 31.3 Å². The number of benzene rings is 2. The van der Waals surface area contributed by atoms with Crippen molar-refractivity contribution in [2.75, 3.05) is 6.61 Å². The summed E-state index contributed by atoms with van der Waals surface area (Å²) in [5.74, 6) is -1.50. The summed E-state index contributed by atoms with van der Waals surface area (Å²) < 4.78 is 5.44. The lowest BCUT2D eigenvalue weighted by atomic mass is 9.98. The van der Waals surface area contributed by atoms with Crippen LogP contribution in [0.1, 0.15) is 42.3 Å². The Morgan fingerprint density at radius 3 is 2.27 bits per heavy atom. The molecule has 0 radical (unpaired) electrons. The summed E-state index contributed by atoms with van der Waals surface area (Å²) in [6.45, 7) is 1.76. The first-order valence-electron chi connectivity index (χ1n) is 10.6. The predicted octanol–water partition coefficient (Wildman–Crippen LogP) is 2.97. The first kappa shape index (κ1) is 22.1. The molecule has 2 atom stereocenters. The van der Waals surface area contributed by atoms with Crippen LogP contribution in [0, 0.1) is 0 Å². The van der Waals surface area contributed by atoms with Crippen LogP contribution in [0.2, 0.25) is 0 Å². The maximum absolute atomic E-state index is 12.6. The molecule has 9 nitrogen and oxygen atoms in total. The Balaban J connectivity index is 1.41. The second kappa shape index (κ2) is 9.56. The van der Waals surface area contributed by atoms with E-state index in [1.807, 2.05) is 48.5 Å². The van der Waals surface area contributed by atoms with Crippen LogP contribution in [-0.2, 0) is 14.3 Å². The summed E-state index contributed by atoms with van der Waals surface area (Å²) in [5.41, 5.74) is 4.30. The van der Waals surface area contributed by atoms with Gasteiger partial charge >= 0.3 is 12.1 Å². The van der Waals surface area contributed by atoms with Crippen LogP contribution < -0.4 is 10.6 Å². The van der Waals surface area contributed by atoms with Crippen LogP contribution >= 0.6 is 0 Å². The van der Waals surface area contributed by atoms with Gasteiger partial charge in [0.2, 0.25) is 5.91 Å². The van der Waals surface area contributed by atoms with Crippen LogP contribution in [0.15, 0.2) is 60.9 Å². The number of fused-ring (bicyclic) bond motifs is 3. The summed E-state index contributed by atoms with van der Waals surface area (Å²) >= 11 is 0. The van der Waals surface area contributed by atoms with E-state index >= 15 is 0 Å². The van der Waals surface area contributed by atoms with E-state index < -0.39 is 36.5 Å². The number of amides is 2. The average Bonchev–Trinajstić information content (AvgIpc) is 3.44. The first-order chi connectivity index (χ1) is 15.9. The van der Waals surface area contributed by atoms with Gasteiger partial charge in [-0.2, -0.15) is 0 Å². The molecule has 170 valence electrons. The number of rotatable bonds is 8. The number of hydrogen-bond acceptors (Lipinski definition) is 5. The summed E-state index contributed by atoms with van der Waals surface area (Å²) in [5, 5.41) is 14.2. The molecule has 0 saturated heterocycles. The molecular formula is C24H24N4O5. The lowest BCUT2D eigenvalue weighted by Crippen LogP contribution is -2.48. The van der Waals surface area contributed by atoms with Gasteiger partial charge in [0.25, 0.3) is 0 Å². The highest BCUT2D eigenvalue weighted by molar-refractivity contribution is 5.89. The zero-order chi connectivity index (χ0) is 23.4. The number of carbonyl (C=O) groups excluding carboxylic acids is 2. The molecule has 2 amide bonds. The van der Waals surface area contributed by atoms with Gasteiger partial charge < -0.3 is 25.5 Å². The van der Waals surface area contributed by atoms with Gasteiger partial charge in [0.05, 0.1) is 12.5 Å². The Morgan fingerprint density at radius 2 is 1.70 bits per heavy atom. The number of ether oxygens (including phenoxy) is 1. The molecule has 2 unspecified atom stereocenters. The van der Waals surface area contributed by atoms with Crippen molar-refractivity contribution in [3.63, 3.8) is 0 Å². The van der Waals surface area contributed by atoms with Gasteiger partial charge in [0.15, 0.2) is 0 Å². The molecule has 9 heteroatoms. The number of aromatic nitrogens is 2. The molecule has 0 saturated carbocycles. The van der Waals surface area contributed by atoms with Crippen LogP contribution in [0.3, 0.4) is 0 Å². The Hall–Kier alpha value is -4.14. The van der Waals surface area contributed by atoms with Gasteiger partial charge in [-0.3, -0.25) is 9.59 Å². The maximum Gasteiger partial charge on any atom is 0.407 e. The van der Waals surface area contributed by atoms with Crippen LogP contribution in [0.4, 0.5) is 4.79 Å². The summed E-state index contributed by atoms with van der Waals surface area (Å²) in [7, 11) is 0. The van der Waals surface area contributed by atoms with E-state index in [0.29, 0.717) is 5.82 Å². The zero-order valence-corrected chi connectivity index (χ0v) is 17.9. The number of imidazole rings is 1. The molecule has 3 aromatic rings. The SMILES string of the molecule is CC(NC(=O)C(CC(=O)O)NC(=O)OCC1c2ccccc2-c2ccccc21)c1ncc[nH]1. The molecule has 0 fully saturated rings. The van der Waals surface area contributed by atoms with Crippen molar-refractivity contribution in [3.8, 4) is 11.1 Å². The largest absolute Gasteiger partial charge is 0.481 e. The fraction of sp³-hybridized carbons (Fsp3) is 0.250. The first-order valence-corrected chi connectivity index (χ1v) is 10.6. The van der Waals surface area contributed by atoms with Crippen molar-refractivity contribution in [2.24, 2.45) is 0 Å². The molecule has 4 N–H and O–H groups in total. The number of nitrogens with one attached hydrogen (secondary N) is 3. The van der Waals surface area contributed by atoms with Crippen molar-refractivity contribution >= 4 is 18.0 Å². The number of carboxylic acids is 1. The third kappa shape index (κ3) is 4.87. The van der Waals surface area contributed by atoms with Crippen molar-refractivity contribution in [1.82, 2.24) is 20.6 Å². The summed E-state index contributed by atoms with van der Waals surface area (Å²) in [6, 6.07) is 14.1. The predicted molar refractivity (Wildman–Crippen MR) is 119 cm³/mol. The number of nitrogens with zero attached hydrogens (tertiary/aromatic N) is 1. The minimum absolute atomic E-state index is 0.0596. The third-order valence-corrected chi connectivity index (χ3v) is 5.62. The molecular weight excluding hydrogens is 424 g/mol. The lowest BCUT2D eigenvalue weighted by molar-refractivity contribution is -0.140. The van der Waals surface area contributed by atoms with Gasteiger partial charge in [0.1, 0.15) is 18.5 Å². The number of carboxylic acid groups (broad SMARTS) is 1. The maximum atomic E-state index is 12.6. The van der Waals surface area contributed by atoms with Crippen molar-refractivity contribution in [1.29, 1.82) is 0 Å². The topological polar surface area (TPSA) is 133 Å². The number of alkyl carbamates (subject to hydrolysis) is 1. The third-order valence-electron chi connectivity index (χ3n) is 5.62. The molecule has 1 heterocycles. The molecule has 0 aliphatic heterocycles. The van der Waals surface area contributed by atoms with E-state index in [9.17, 15) is 19.5 Å². The highest BCUT2D eigenvalue weighted by Gasteiger charge is 2.30. The van der Waals surface area contributed by atoms with E-state index in [-0.39, 0.29) is 12.5 Å². The van der Waals surface area contributed by atoms with Gasteiger partial charge in [-0.1, -0.05) is 48.5 Å². The van der Waals surface area contributed by atoms with Crippen LogP contribution in [0.25, 0.3) is 11.1 Å². The highest BCUT2D eigenvalue weighted by Crippen LogP contribution is 2.44. The van der Waals surface area contributed by atoms with E-state index in [0.717, 1.165) is 22.3 Å². The van der Waals surface area contributed by atoms with E-state index in [4.69, 9.17) is 4.74 Å².